The van der Waals surface area contributed by atoms with Crippen molar-refractivity contribution in [3.8, 4) is 23.8 Å². The van der Waals surface area contributed by atoms with Crippen LogP contribution < -0.4 is 21.1 Å². The summed E-state index contributed by atoms with van der Waals surface area (Å²) in [6, 6.07) is 16.7. The number of ether oxygens (including phenoxy) is 1. The van der Waals surface area contributed by atoms with Crippen LogP contribution in [-0.4, -0.2) is 25.0 Å². The van der Waals surface area contributed by atoms with Gasteiger partial charge in [-0.25, -0.2) is 4.99 Å². The lowest BCUT2D eigenvalue weighted by molar-refractivity contribution is -0.119. The number of nitrogens with two attached hydrogens (primary N) is 1. The summed E-state index contributed by atoms with van der Waals surface area (Å²) in [6.07, 6.45) is 5.05. The molecule has 130 valence electrons. The van der Waals surface area contributed by atoms with E-state index in [0.717, 1.165) is 5.75 Å². The van der Waals surface area contributed by atoms with E-state index in [4.69, 9.17) is 16.9 Å². The highest BCUT2D eigenvalue weighted by molar-refractivity contribution is 14.0. The molecular weight excluding hydrogens is 431 g/mol. The molecule has 0 spiro atoms. The summed E-state index contributed by atoms with van der Waals surface area (Å²) in [5.41, 5.74) is 6.47. The van der Waals surface area contributed by atoms with Crippen LogP contribution in [0.25, 0.3) is 0 Å². The highest BCUT2D eigenvalue weighted by atomic mass is 127. The van der Waals surface area contributed by atoms with Crippen LogP contribution in [-0.2, 0) is 4.79 Å². The van der Waals surface area contributed by atoms with Crippen molar-refractivity contribution in [3.05, 3.63) is 54.6 Å². The lowest BCUT2D eigenvalue weighted by Crippen LogP contribution is -2.29. The van der Waals surface area contributed by atoms with Gasteiger partial charge in [0.05, 0.1) is 6.54 Å². The van der Waals surface area contributed by atoms with Crippen LogP contribution in [0.5, 0.6) is 11.5 Å². The smallest absolute Gasteiger partial charge is 0.242 e. The first-order valence-corrected chi connectivity index (χ1v) is 7.27. The second kappa shape index (κ2) is 10.9. The minimum Gasteiger partial charge on any atom is -0.457 e. The maximum Gasteiger partial charge on any atom is 0.242 e. The Hall–Kier alpha value is -2.73. The second-order valence-corrected chi connectivity index (χ2v) is 4.75. The molecule has 0 aliphatic carbocycles. The van der Waals surface area contributed by atoms with Crippen molar-refractivity contribution in [2.24, 2.45) is 10.7 Å². The van der Waals surface area contributed by atoms with Gasteiger partial charge in [0.25, 0.3) is 0 Å². The van der Waals surface area contributed by atoms with E-state index in [-0.39, 0.29) is 48.9 Å². The van der Waals surface area contributed by atoms with Crippen LogP contribution in [0.2, 0.25) is 0 Å². The molecule has 0 aliphatic rings. The van der Waals surface area contributed by atoms with Crippen LogP contribution in [0.15, 0.2) is 59.6 Å². The van der Waals surface area contributed by atoms with Crippen LogP contribution in [0, 0.1) is 12.3 Å². The molecule has 1 amide bonds. The summed E-state index contributed by atoms with van der Waals surface area (Å²) < 4.78 is 5.74. The van der Waals surface area contributed by atoms with Crippen LogP contribution in [0.4, 0.5) is 5.69 Å². The fraction of sp³-hybridized carbons (Fsp3) is 0.111. The quantitative estimate of drug-likeness (QED) is 0.273. The number of rotatable bonds is 6. The molecule has 2 aromatic rings. The molecule has 0 saturated carbocycles. The van der Waals surface area contributed by atoms with E-state index in [9.17, 15) is 4.79 Å². The summed E-state index contributed by atoms with van der Waals surface area (Å²) in [5.74, 6) is 3.54. The summed E-state index contributed by atoms with van der Waals surface area (Å²) >= 11 is 0. The molecule has 0 aliphatic heterocycles. The van der Waals surface area contributed by atoms with Crippen molar-refractivity contribution < 1.29 is 9.53 Å². The van der Waals surface area contributed by atoms with Crippen molar-refractivity contribution in [3.63, 3.8) is 0 Å². The Kier molecular flexibility index (Phi) is 8.89. The molecular formula is C18H19IN4O2. The van der Waals surface area contributed by atoms with E-state index in [1.807, 2.05) is 48.5 Å². The summed E-state index contributed by atoms with van der Waals surface area (Å²) in [5, 5.41) is 5.41. The zero-order chi connectivity index (χ0) is 17.2. The molecule has 2 rings (SSSR count). The molecule has 0 heterocycles. The van der Waals surface area contributed by atoms with Gasteiger partial charge in [0, 0.05) is 11.8 Å². The molecule has 0 aromatic heterocycles. The number of amides is 1. The van der Waals surface area contributed by atoms with E-state index in [1.165, 1.54) is 0 Å². The fourth-order valence-corrected chi connectivity index (χ4v) is 1.81. The Bertz CT molecular complexity index is 757. The topological polar surface area (TPSA) is 88.7 Å². The third-order valence-corrected chi connectivity index (χ3v) is 2.87. The molecule has 0 radical (unpaired) electrons. The molecule has 7 heteroatoms. The van der Waals surface area contributed by atoms with Crippen LogP contribution in [0.3, 0.4) is 0 Å². The number of guanidine groups is 1. The van der Waals surface area contributed by atoms with Gasteiger partial charge in [-0.2, -0.15) is 0 Å². The number of anilines is 1. The number of hydrogen-bond donors (Lipinski definition) is 3. The van der Waals surface area contributed by atoms with E-state index in [1.54, 1.807) is 6.07 Å². The third kappa shape index (κ3) is 7.58. The fourth-order valence-electron chi connectivity index (χ4n) is 1.81. The SMILES string of the molecule is C#CCNC(=O)CN=C(N)Nc1cccc(Oc2ccccc2)c1.I. The molecule has 0 unspecified atom stereocenters. The number of hydrogen-bond acceptors (Lipinski definition) is 3. The first-order chi connectivity index (χ1) is 11.7. The van der Waals surface area contributed by atoms with E-state index < -0.39 is 0 Å². The molecule has 4 N–H and O–H groups in total. The number of para-hydroxylation sites is 1. The van der Waals surface area contributed by atoms with Crippen LogP contribution in [0.1, 0.15) is 0 Å². The monoisotopic (exact) mass is 450 g/mol. The van der Waals surface area contributed by atoms with Crippen molar-refractivity contribution in [2.45, 2.75) is 0 Å². The lowest BCUT2D eigenvalue weighted by atomic mass is 10.3. The largest absolute Gasteiger partial charge is 0.457 e. The predicted molar refractivity (Wildman–Crippen MR) is 110 cm³/mol. The number of terminal acetylenes is 1. The average molecular weight is 450 g/mol. The van der Waals surface area contributed by atoms with Gasteiger partial charge >= 0.3 is 0 Å². The van der Waals surface area contributed by atoms with E-state index >= 15 is 0 Å². The van der Waals surface area contributed by atoms with Gasteiger partial charge < -0.3 is 21.1 Å². The zero-order valence-corrected chi connectivity index (χ0v) is 15.8. The van der Waals surface area contributed by atoms with Crippen molar-refractivity contribution >= 4 is 41.5 Å². The zero-order valence-electron chi connectivity index (χ0n) is 13.4. The van der Waals surface area contributed by atoms with E-state index in [0.29, 0.717) is 11.4 Å². The molecule has 6 nitrogen and oxygen atoms in total. The average Bonchev–Trinajstić information content (AvgIpc) is 2.59. The van der Waals surface area contributed by atoms with Gasteiger partial charge in [-0.3, -0.25) is 4.79 Å². The van der Waals surface area contributed by atoms with Gasteiger partial charge in [0.2, 0.25) is 5.91 Å². The summed E-state index contributed by atoms with van der Waals surface area (Å²) in [7, 11) is 0. The number of benzene rings is 2. The van der Waals surface area contributed by atoms with E-state index in [2.05, 4.69) is 21.5 Å². The number of nitrogens with zero attached hydrogens (tertiary/aromatic N) is 1. The van der Waals surface area contributed by atoms with Crippen molar-refractivity contribution in [1.82, 2.24) is 5.32 Å². The molecule has 0 saturated heterocycles. The highest BCUT2D eigenvalue weighted by Gasteiger charge is 2.02. The van der Waals surface area contributed by atoms with Gasteiger partial charge in [-0.05, 0) is 24.3 Å². The van der Waals surface area contributed by atoms with Crippen molar-refractivity contribution in [1.29, 1.82) is 0 Å². The first-order valence-electron chi connectivity index (χ1n) is 7.27. The maximum absolute atomic E-state index is 11.4. The normalized spacial score (nSPS) is 10.1. The molecule has 0 bridgehead atoms. The third-order valence-electron chi connectivity index (χ3n) is 2.87. The minimum atomic E-state index is -0.293. The Labute approximate surface area is 163 Å². The Morgan fingerprint density at radius 2 is 1.88 bits per heavy atom. The van der Waals surface area contributed by atoms with Gasteiger partial charge in [-0.1, -0.05) is 30.2 Å². The van der Waals surface area contributed by atoms with Gasteiger partial charge in [0.1, 0.15) is 18.0 Å². The summed E-state index contributed by atoms with van der Waals surface area (Å²) in [6.45, 7) is 0.0707. The highest BCUT2D eigenvalue weighted by Crippen LogP contribution is 2.23. The van der Waals surface area contributed by atoms with Crippen molar-refractivity contribution in [2.75, 3.05) is 18.4 Å². The van der Waals surface area contributed by atoms with Gasteiger partial charge in [-0.15, -0.1) is 30.4 Å². The number of carbonyl (C=O) groups excluding carboxylic acids is 1. The Morgan fingerprint density at radius 1 is 1.16 bits per heavy atom. The Balaban J connectivity index is 0.00000312. The molecule has 25 heavy (non-hydrogen) atoms. The number of halogens is 1. The number of nitrogens with one attached hydrogen (secondary N) is 2. The predicted octanol–water partition coefficient (Wildman–Crippen LogP) is 2.57. The first kappa shape index (κ1) is 20.3. The molecule has 0 fully saturated rings. The maximum atomic E-state index is 11.4. The standard InChI is InChI=1S/C18H18N4O2.HI/c1-2-11-20-17(23)13-21-18(19)22-14-7-6-10-16(12-14)24-15-8-4-3-5-9-15;/h1,3-10,12H,11,13H2,(H,20,23)(H3,19,21,22);1H. The second-order valence-electron chi connectivity index (χ2n) is 4.75. The minimum absolute atomic E-state index is 0. The number of carbonyl (C=O) groups is 1. The number of aliphatic imine (C=N–C) groups is 1. The Morgan fingerprint density at radius 3 is 2.60 bits per heavy atom. The molecule has 2 aromatic carbocycles. The summed E-state index contributed by atoms with van der Waals surface area (Å²) in [4.78, 5) is 15.3. The van der Waals surface area contributed by atoms with Gasteiger partial charge in [0.15, 0.2) is 5.96 Å². The van der Waals surface area contributed by atoms with Crippen LogP contribution >= 0.6 is 24.0 Å². The lowest BCUT2D eigenvalue weighted by Gasteiger charge is -2.09. The molecule has 0 atom stereocenters.